The summed E-state index contributed by atoms with van der Waals surface area (Å²) in [6.07, 6.45) is 1.90. The molecule has 0 spiro atoms. The molecule has 2 N–H and O–H groups in total. The Morgan fingerprint density at radius 1 is 1.40 bits per heavy atom. The van der Waals surface area contributed by atoms with Crippen LogP contribution in [0.1, 0.15) is 43.2 Å². The SMILES string of the molecule is CCCc1cc(C(=O)NC(C)CSCC)cc(NC)n1. The number of nitrogens with zero attached hydrogens (tertiary/aromatic N) is 1. The Morgan fingerprint density at radius 3 is 2.75 bits per heavy atom. The molecule has 0 fully saturated rings. The summed E-state index contributed by atoms with van der Waals surface area (Å²) in [5.74, 6) is 2.73. The molecule has 112 valence electrons. The molecule has 0 saturated heterocycles. The fourth-order valence-corrected chi connectivity index (χ4v) is 2.55. The van der Waals surface area contributed by atoms with Crippen LogP contribution in [-0.4, -0.2) is 35.5 Å². The smallest absolute Gasteiger partial charge is 0.251 e. The summed E-state index contributed by atoms with van der Waals surface area (Å²) in [7, 11) is 1.82. The van der Waals surface area contributed by atoms with Gasteiger partial charge in [-0.05, 0) is 31.2 Å². The molecule has 1 unspecified atom stereocenters. The average Bonchev–Trinajstić information content (AvgIpc) is 2.45. The first kappa shape index (κ1) is 16.8. The van der Waals surface area contributed by atoms with E-state index < -0.39 is 0 Å². The molecular weight excluding hydrogens is 270 g/mol. The van der Waals surface area contributed by atoms with Gasteiger partial charge in [-0.1, -0.05) is 20.3 Å². The predicted molar refractivity (Wildman–Crippen MR) is 87.7 cm³/mol. The minimum atomic E-state index is -0.0227. The van der Waals surface area contributed by atoms with Gasteiger partial charge in [-0.15, -0.1) is 0 Å². The van der Waals surface area contributed by atoms with Crippen molar-refractivity contribution in [3.8, 4) is 0 Å². The molecule has 0 saturated carbocycles. The molecular formula is C15H25N3OS. The number of hydrogen-bond acceptors (Lipinski definition) is 4. The van der Waals surface area contributed by atoms with Gasteiger partial charge in [-0.2, -0.15) is 11.8 Å². The third kappa shape index (κ3) is 5.41. The number of nitrogens with one attached hydrogen (secondary N) is 2. The Morgan fingerprint density at radius 2 is 2.15 bits per heavy atom. The molecule has 1 rings (SSSR count). The molecule has 0 radical (unpaired) electrons. The topological polar surface area (TPSA) is 54.0 Å². The van der Waals surface area contributed by atoms with E-state index >= 15 is 0 Å². The standard InChI is InChI=1S/C15H25N3OS/c1-5-7-13-8-12(9-14(16-4)18-13)15(19)17-11(3)10-20-6-2/h8-9,11H,5-7,10H2,1-4H3,(H,16,18)(H,17,19). The summed E-state index contributed by atoms with van der Waals surface area (Å²) in [4.78, 5) is 16.7. The van der Waals surface area contributed by atoms with Crippen LogP contribution >= 0.6 is 11.8 Å². The highest BCUT2D eigenvalue weighted by Gasteiger charge is 2.12. The van der Waals surface area contributed by atoms with Crippen molar-refractivity contribution >= 4 is 23.5 Å². The molecule has 0 aliphatic rings. The lowest BCUT2D eigenvalue weighted by atomic mass is 10.1. The Hall–Kier alpha value is -1.23. The molecule has 1 atom stereocenters. The van der Waals surface area contributed by atoms with Crippen LogP contribution in [0, 0.1) is 0 Å². The fraction of sp³-hybridized carbons (Fsp3) is 0.600. The number of anilines is 1. The molecule has 5 heteroatoms. The Balaban J connectivity index is 2.77. The van der Waals surface area contributed by atoms with E-state index in [2.05, 4.69) is 29.5 Å². The van der Waals surface area contributed by atoms with E-state index in [1.165, 1.54) is 0 Å². The van der Waals surface area contributed by atoms with Crippen LogP contribution in [0.25, 0.3) is 0 Å². The molecule has 20 heavy (non-hydrogen) atoms. The molecule has 4 nitrogen and oxygen atoms in total. The van der Waals surface area contributed by atoms with E-state index in [1.54, 1.807) is 6.07 Å². The largest absolute Gasteiger partial charge is 0.373 e. The summed E-state index contributed by atoms with van der Waals surface area (Å²) >= 11 is 1.83. The van der Waals surface area contributed by atoms with Crippen molar-refractivity contribution < 1.29 is 4.79 Å². The summed E-state index contributed by atoms with van der Waals surface area (Å²) < 4.78 is 0. The second kappa shape index (κ2) is 8.84. The van der Waals surface area contributed by atoms with Crippen LogP contribution in [-0.2, 0) is 6.42 Å². The van der Waals surface area contributed by atoms with Gasteiger partial charge in [0.2, 0.25) is 0 Å². The maximum Gasteiger partial charge on any atom is 0.251 e. The zero-order chi connectivity index (χ0) is 15.0. The van der Waals surface area contributed by atoms with Crippen LogP contribution < -0.4 is 10.6 Å². The quantitative estimate of drug-likeness (QED) is 0.774. The van der Waals surface area contributed by atoms with Crippen LogP contribution in [0.4, 0.5) is 5.82 Å². The van der Waals surface area contributed by atoms with Gasteiger partial charge in [0.15, 0.2) is 0 Å². The number of rotatable bonds is 8. The fourth-order valence-electron chi connectivity index (χ4n) is 1.87. The van der Waals surface area contributed by atoms with Crippen LogP contribution in [0.15, 0.2) is 12.1 Å². The number of aromatic nitrogens is 1. The van der Waals surface area contributed by atoms with Gasteiger partial charge < -0.3 is 10.6 Å². The van der Waals surface area contributed by atoms with Crippen LogP contribution in [0.5, 0.6) is 0 Å². The minimum absolute atomic E-state index is 0.0227. The van der Waals surface area contributed by atoms with E-state index in [4.69, 9.17) is 0 Å². The van der Waals surface area contributed by atoms with Crippen LogP contribution in [0.2, 0.25) is 0 Å². The molecule has 0 aliphatic heterocycles. The second-order valence-corrected chi connectivity index (χ2v) is 6.09. The van der Waals surface area contributed by atoms with E-state index in [1.807, 2.05) is 31.8 Å². The highest BCUT2D eigenvalue weighted by molar-refractivity contribution is 7.99. The number of aryl methyl sites for hydroxylation is 1. The van der Waals surface area contributed by atoms with Crippen molar-refractivity contribution in [2.75, 3.05) is 23.9 Å². The second-order valence-electron chi connectivity index (χ2n) is 4.77. The number of carbonyl (C=O) groups excluding carboxylic acids is 1. The van der Waals surface area contributed by atoms with Crippen molar-refractivity contribution in [1.29, 1.82) is 0 Å². The van der Waals surface area contributed by atoms with Crippen molar-refractivity contribution in [3.05, 3.63) is 23.4 Å². The molecule has 0 bridgehead atoms. The zero-order valence-corrected chi connectivity index (χ0v) is 13.6. The third-order valence-electron chi connectivity index (χ3n) is 2.85. The van der Waals surface area contributed by atoms with Crippen molar-refractivity contribution in [2.45, 2.75) is 39.7 Å². The maximum absolute atomic E-state index is 12.3. The van der Waals surface area contributed by atoms with Crippen LogP contribution in [0.3, 0.4) is 0 Å². The molecule has 1 amide bonds. The van der Waals surface area contributed by atoms with Crippen molar-refractivity contribution in [1.82, 2.24) is 10.3 Å². The van der Waals surface area contributed by atoms with E-state index in [-0.39, 0.29) is 11.9 Å². The molecule has 0 aliphatic carbocycles. The highest BCUT2D eigenvalue weighted by Crippen LogP contribution is 2.12. The van der Waals surface area contributed by atoms with Gasteiger partial charge in [0.25, 0.3) is 5.91 Å². The Kier molecular flexibility index (Phi) is 7.44. The monoisotopic (exact) mass is 295 g/mol. The highest BCUT2D eigenvalue weighted by atomic mass is 32.2. The molecule has 1 aromatic heterocycles. The predicted octanol–water partition coefficient (Wildman–Crippen LogP) is 2.95. The summed E-state index contributed by atoms with van der Waals surface area (Å²) in [6, 6.07) is 3.86. The lowest BCUT2D eigenvalue weighted by Crippen LogP contribution is -2.34. The molecule has 1 heterocycles. The maximum atomic E-state index is 12.3. The first-order chi connectivity index (χ1) is 9.60. The number of pyridine rings is 1. The van der Waals surface area contributed by atoms with Gasteiger partial charge in [-0.3, -0.25) is 4.79 Å². The van der Waals surface area contributed by atoms with Crippen molar-refractivity contribution in [3.63, 3.8) is 0 Å². The molecule has 0 aromatic carbocycles. The van der Waals surface area contributed by atoms with Crippen molar-refractivity contribution in [2.24, 2.45) is 0 Å². The lowest BCUT2D eigenvalue weighted by molar-refractivity contribution is 0.0943. The Labute approximate surface area is 126 Å². The first-order valence-electron chi connectivity index (χ1n) is 7.18. The number of carbonyl (C=O) groups is 1. The van der Waals surface area contributed by atoms with Gasteiger partial charge in [0, 0.05) is 30.1 Å². The number of thioether (sulfide) groups is 1. The van der Waals surface area contributed by atoms with Gasteiger partial charge in [0.1, 0.15) is 5.82 Å². The zero-order valence-electron chi connectivity index (χ0n) is 12.8. The van der Waals surface area contributed by atoms with E-state index in [0.717, 1.165) is 35.9 Å². The van der Waals surface area contributed by atoms with E-state index in [9.17, 15) is 4.79 Å². The number of hydrogen-bond donors (Lipinski definition) is 2. The summed E-state index contributed by atoms with van der Waals surface area (Å²) in [5, 5.41) is 6.05. The normalized spacial score (nSPS) is 12.0. The summed E-state index contributed by atoms with van der Waals surface area (Å²) in [5.41, 5.74) is 1.64. The first-order valence-corrected chi connectivity index (χ1v) is 8.33. The average molecular weight is 295 g/mol. The van der Waals surface area contributed by atoms with Gasteiger partial charge in [0.05, 0.1) is 0 Å². The third-order valence-corrected chi connectivity index (χ3v) is 4.00. The number of amides is 1. The summed E-state index contributed by atoms with van der Waals surface area (Å²) in [6.45, 7) is 6.27. The van der Waals surface area contributed by atoms with Gasteiger partial charge >= 0.3 is 0 Å². The van der Waals surface area contributed by atoms with E-state index in [0.29, 0.717) is 5.56 Å². The Bertz CT molecular complexity index is 437. The lowest BCUT2D eigenvalue weighted by Gasteiger charge is -2.14. The molecule has 1 aromatic rings. The van der Waals surface area contributed by atoms with Gasteiger partial charge in [-0.25, -0.2) is 4.98 Å². The minimum Gasteiger partial charge on any atom is -0.373 e.